The molecular formula is C8H6F3NaO4S. The molecule has 0 aliphatic heterocycles. The van der Waals surface area contributed by atoms with Crippen LogP contribution in [-0.4, -0.2) is 18.1 Å². The molecule has 0 amide bonds. The summed E-state index contributed by atoms with van der Waals surface area (Å²) in [4.78, 5) is 0. The van der Waals surface area contributed by atoms with Crippen molar-refractivity contribution >= 4 is 10.1 Å². The summed E-state index contributed by atoms with van der Waals surface area (Å²) in [7, 11) is -5.23. The van der Waals surface area contributed by atoms with Gasteiger partial charge in [-0.05, 0) is 6.07 Å². The normalized spacial score (nSPS) is 13.9. The van der Waals surface area contributed by atoms with Crippen LogP contribution in [0, 0.1) is 0 Å². The van der Waals surface area contributed by atoms with E-state index in [1.165, 1.54) is 0 Å². The van der Waals surface area contributed by atoms with Gasteiger partial charge in [0, 0.05) is 5.56 Å². The summed E-state index contributed by atoms with van der Waals surface area (Å²) < 4.78 is 68.5. The van der Waals surface area contributed by atoms with Crippen molar-refractivity contribution in [2.45, 2.75) is 11.6 Å². The van der Waals surface area contributed by atoms with Gasteiger partial charge in [-0.15, -0.1) is 0 Å². The van der Waals surface area contributed by atoms with Gasteiger partial charge < -0.3 is 9.66 Å². The van der Waals surface area contributed by atoms with Crippen LogP contribution >= 0.6 is 0 Å². The fourth-order valence-corrected chi connectivity index (χ4v) is 1.64. The van der Waals surface area contributed by atoms with Crippen LogP contribution in [0.4, 0.5) is 13.2 Å². The van der Waals surface area contributed by atoms with Crippen molar-refractivity contribution < 1.29 is 60.8 Å². The van der Waals surface area contributed by atoms with E-state index < -0.39 is 32.9 Å². The molecular weight excluding hydrogens is 272 g/mol. The molecule has 0 saturated carbocycles. The van der Waals surface area contributed by atoms with Crippen LogP contribution in [0.2, 0.25) is 0 Å². The Hall–Kier alpha value is -0.120. The van der Waals surface area contributed by atoms with E-state index in [9.17, 15) is 26.1 Å². The van der Waals surface area contributed by atoms with Gasteiger partial charge >= 0.3 is 35.7 Å². The third-order valence-electron chi connectivity index (χ3n) is 1.81. The number of hydrogen-bond acceptors (Lipinski definition) is 4. The molecule has 1 N–H and O–H groups in total. The fraction of sp³-hybridized carbons (Fsp3) is 0.250. The summed E-state index contributed by atoms with van der Waals surface area (Å²) >= 11 is 0. The Labute approximate surface area is 117 Å². The number of halogens is 3. The Morgan fingerprint density at radius 3 is 2.12 bits per heavy atom. The van der Waals surface area contributed by atoms with Gasteiger partial charge in [-0.3, -0.25) is 0 Å². The summed E-state index contributed by atoms with van der Waals surface area (Å²) in [6.45, 7) is 0. The predicted octanol–water partition coefficient (Wildman–Crippen LogP) is -1.75. The smallest absolute Gasteiger partial charge is 0.746 e. The Balaban J connectivity index is 0.00000256. The first-order valence-corrected chi connectivity index (χ1v) is 5.40. The van der Waals surface area contributed by atoms with Gasteiger partial charge in [-0.2, -0.15) is 13.2 Å². The van der Waals surface area contributed by atoms with Crippen molar-refractivity contribution in [1.82, 2.24) is 0 Å². The predicted molar refractivity (Wildman–Crippen MR) is 46.1 cm³/mol. The average Bonchev–Trinajstić information content (AvgIpc) is 2.14. The van der Waals surface area contributed by atoms with Crippen LogP contribution in [0.5, 0.6) is 0 Å². The van der Waals surface area contributed by atoms with Gasteiger partial charge in [-0.25, -0.2) is 8.42 Å². The molecule has 9 heteroatoms. The maximum absolute atomic E-state index is 12.4. The zero-order valence-corrected chi connectivity index (χ0v) is 11.4. The quantitative estimate of drug-likeness (QED) is 0.514. The summed E-state index contributed by atoms with van der Waals surface area (Å²) in [5.74, 6) is 0. The maximum Gasteiger partial charge on any atom is 1.00 e. The molecule has 0 aromatic heterocycles. The largest absolute Gasteiger partial charge is 1.00 e. The van der Waals surface area contributed by atoms with Crippen LogP contribution in [-0.2, 0) is 16.3 Å². The average molecular weight is 278 g/mol. The second kappa shape index (κ2) is 5.68. The molecule has 0 aliphatic carbocycles. The second-order valence-electron chi connectivity index (χ2n) is 2.93. The van der Waals surface area contributed by atoms with Crippen LogP contribution < -0.4 is 29.6 Å². The third kappa shape index (κ3) is 4.23. The molecule has 0 radical (unpaired) electrons. The number of benzene rings is 1. The summed E-state index contributed by atoms with van der Waals surface area (Å²) in [6.07, 6.45) is -4.83. The van der Waals surface area contributed by atoms with Crippen LogP contribution in [0.1, 0.15) is 16.6 Å². The molecule has 90 valence electrons. The Bertz CT molecular complexity index is 486. The van der Waals surface area contributed by atoms with Crippen molar-refractivity contribution in [3.05, 3.63) is 35.4 Å². The van der Waals surface area contributed by atoms with E-state index in [1.54, 1.807) is 0 Å². The first kappa shape index (κ1) is 16.9. The number of hydrogen-bond donors (Lipinski definition) is 1. The van der Waals surface area contributed by atoms with E-state index >= 15 is 0 Å². The standard InChI is InChI=1S/C8H7F3O4S.Na/c9-8(10,11)6-4-2-1-3-5(6)7(12)16(13,14)15;/h1-4,7,12H,(H,13,14,15);/q;+1/p-1. The molecule has 0 spiro atoms. The van der Waals surface area contributed by atoms with Crippen molar-refractivity contribution in [2.24, 2.45) is 0 Å². The van der Waals surface area contributed by atoms with E-state index in [0.717, 1.165) is 18.2 Å². The Morgan fingerprint density at radius 2 is 1.71 bits per heavy atom. The molecule has 1 unspecified atom stereocenters. The second-order valence-corrected chi connectivity index (χ2v) is 4.36. The van der Waals surface area contributed by atoms with E-state index in [-0.39, 0.29) is 29.6 Å². The summed E-state index contributed by atoms with van der Waals surface area (Å²) in [5.41, 5.74) is -5.03. The summed E-state index contributed by atoms with van der Waals surface area (Å²) in [5, 5.41) is 9.00. The molecule has 0 bridgehead atoms. The molecule has 0 aliphatic rings. The zero-order chi connectivity index (χ0) is 12.6. The SMILES string of the molecule is O=S(=O)([O-])C(O)c1ccccc1C(F)(F)F.[Na+]. The van der Waals surface area contributed by atoms with Crippen LogP contribution in [0.3, 0.4) is 0 Å². The minimum atomic E-state index is -5.23. The van der Waals surface area contributed by atoms with Crippen molar-refractivity contribution in [1.29, 1.82) is 0 Å². The third-order valence-corrected chi connectivity index (χ3v) is 2.61. The van der Waals surface area contributed by atoms with Crippen molar-refractivity contribution in [3.63, 3.8) is 0 Å². The Kier molecular flexibility index (Phi) is 5.64. The first-order valence-electron chi connectivity index (χ1n) is 3.93. The number of aliphatic hydroxyl groups excluding tert-OH is 1. The topological polar surface area (TPSA) is 77.4 Å². The number of rotatable bonds is 2. The molecule has 1 aromatic carbocycles. The molecule has 4 nitrogen and oxygen atoms in total. The molecule has 0 saturated heterocycles. The van der Waals surface area contributed by atoms with Gasteiger partial charge in [0.25, 0.3) is 0 Å². The number of alkyl halides is 3. The van der Waals surface area contributed by atoms with E-state index in [1.807, 2.05) is 0 Å². The van der Waals surface area contributed by atoms with E-state index in [2.05, 4.69) is 0 Å². The molecule has 17 heavy (non-hydrogen) atoms. The fourth-order valence-electron chi connectivity index (χ4n) is 1.13. The Morgan fingerprint density at radius 1 is 1.24 bits per heavy atom. The van der Waals surface area contributed by atoms with Gasteiger partial charge in [0.1, 0.15) is 10.1 Å². The van der Waals surface area contributed by atoms with Crippen LogP contribution in [0.15, 0.2) is 24.3 Å². The first-order chi connectivity index (χ1) is 7.14. The van der Waals surface area contributed by atoms with E-state index in [0.29, 0.717) is 6.07 Å². The van der Waals surface area contributed by atoms with Gasteiger partial charge in [0.2, 0.25) is 0 Å². The molecule has 1 atom stereocenters. The summed E-state index contributed by atoms with van der Waals surface area (Å²) in [6, 6.07) is 3.45. The van der Waals surface area contributed by atoms with E-state index in [4.69, 9.17) is 5.11 Å². The van der Waals surface area contributed by atoms with Gasteiger partial charge in [0.15, 0.2) is 5.44 Å². The van der Waals surface area contributed by atoms with Gasteiger partial charge in [0.05, 0.1) is 5.56 Å². The molecule has 1 aromatic rings. The monoisotopic (exact) mass is 278 g/mol. The van der Waals surface area contributed by atoms with Crippen molar-refractivity contribution in [3.8, 4) is 0 Å². The molecule has 0 fully saturated rings. The maximum atomic E-state index is 12.4. The minimum Gasteiger partial charge on any atom is -0.746 e. The van der Waals surface area contributed by atoms with Crippen LogP contribution in [0.25, 0.3) is 0 Å². The van der Waals surface area contributed by atoms with Crippen molar-refractivity contribution in [2.75, 3.05) is 0 Å². The number of aliphatic hydroxyl groups is 1. The zero-order valence-electron chi connectivity index (χ0n) is 8.60. The molecule has 1 rings (SSSR count). The van der Waals surface area contributed by atoms with Gasteiger partial charge in [-0.1, -0.05) is 18.2 Å². The minimum absolute atomic E-state index is 0. The molecule has 0 heterocycles.